The lowest BCUT2D eigenvalue weighted by Crippen LogP contribution is -2.10. The lowest BCUT2D eigenvalue weighted by Gasteiger charge is -2.27. The van der Waals surface area contributed by atoms with Crippen molar-refractivity contribution in [2.75, 3.05) is 4.90 Å². The molecule has 8 aromatic carbocycles. The molecule has 0 N–H and O–H groups in total. The molecule has 11 aromatic rings. The van der Waals surface area contributed by atoms with Crippen LogP contribution < -0.4 is 4.90 Å². The molecule has 0 saturated carbocycles. The van der Waals surface area contributed by atoms with Crippen LogP contribution in [0.2, 0.25) is 0 Å². The molecule has 3 heterocycles. The minimum atomic E-state index is 1.13. The van der Waals surface area contributed by atoms with E-state index in [4.69, 9.17) is 0 Å². The van der Waals surface area contributed by atoms with E-state index in [1.165, 1.54) is 88.5 Å². The van der Waals surface area contributed by atoms with Crippen molar-refractivity contribution in [2.45, 2.75) is 0 Å². The van der Waals surface area contributed by atoms with Gasteiger partial charge in [-0.1, -0.05) is 121 Å². The van der Waals surface area contributed by atoms with Gasteiger partial charge in [0.05, 0.1) is 5.69 Å². The molecule has 0 saturated heterocycles. The second-order valence-electron chi connectivity index (χ2n) is 13.2. The van der Waals surface area contributed by atoms with Gasteiger partial charge in [-0.25, -0.2) is 0 Å². The van der Waals surface area contributed by atoms with E-state index in [1.54, 1.807) is 0 Å². The van der Waals surface area contributed by atoms with Gasteiger partial charge in [0.2, 0.25) is 0 Å². The van der Waals surface area contributed by atoms with Crippen molar-refractivity contribution < 1.29 is 0 Å². The first-order valence-corrected chi connectivity index (χ1v) is 20.0. The van der Waals surface area contributed by atoms with E-state index in [2.05, 4.69) is 181 Å². The molecule has 3 aromatic heterocycles. The SMILES string of the molecule is c1ccc(-c2ccc(N(c3ccc(-c4cccc5c4sc4c5ccc5sc6ccccc6c54)cc3)c3cccc4sc5ccccc5c34)cc2)cc1. The molecule has 0 spiro atoms. The van der Waals surface area contributed by atoms with Gasteiger partial charge in [0, 0.05) is 71.9 Å². The third kappa shape index (κ3) is 4.65. The summed E-state index contributed by atoms with van der Waals surface area (Å²) in [4.78, 5) is 2.43. The summed E-state index contributed by atoms with van der Waals surface area (Å²) in [5, 5.41) is 8.01. The Morgan fingerprint density at radius 1 is 0.308 bits per heavy atom. The molecule has 0 atom stereocenters. The van der Waals surface area contributed by atoms with Crippen LogP contribution in [0.1, 0.15) is 0 Å². The monoisotopic (exact) mass is 715 g/mol. The molecule has 0 unspecified atom stereocenters. The summed E-state index contributed by atoms with van der Waals surface area (Å²) in [5.74, 6) is 0. The third-order valence-corrected chi connectivity index (χ3v) is 13.8. The summed E-state index contributed by atoms with van der Waals surface area (Å²) in [7, 11) is 0. The van der Waals surface area contributed by atoms with Gasteiger partial charge in [0.25, 0.3) is 0 Å². The summed E-state index contributed by atoms with van der Waals surface area (Å²) in [5.41, 5.74) is 8.40. The molecule has 0 amide bonds. The van der Waals surface area contributed by atoms with Crippen LogP contribution in [0, 0.1) is 0 Å². The second-order valence-corrected chi connectivity index (χ2v) is 16.4. The fourth-order valence-corrected chi connectivity index (χ4v) is 11.6. The van der Waals surface area contributed by atoms with Crippen LogP contribution in [-0.4, -0.2) is 0 Å². The quantitative estimate of drug-likeness (QED) is 0.171. The number of anilines is 3. The standard InChI is InChI=1S/C48H29NS3/c1-2-10-30(11-3-1)31-20-24-33(25-21-31)49(40-16-9-19-43-45(40)38-12-4-6-17-41(38)50-43)34-26-22-32(23-27-34)35-14-8-15-36-37-28-29-44-46(48(37)52-47(35)36)39-13-5-7-18-42(39)51-44/h1-29H. The van der Waals surface area contributed by atoms with E-state index in [9.17, 15) is 0 Å². The first kappa shape index (κ1) is 29.9. The van der Waals surface area contributed by atoms with Crippen molar-refractivity contribution in [1.29, 1.82) is 0 Å². The van der Waals surface area contributed by atoms with Crippen molar-refractivity contribution in [1.82, 2.24) is 0 Å². The van der Waals surface area contributed by atoms with Gasteiger partial charge in [0.15, 0.2) is 0 Å². The average Bonchev–Trinajstić information content (AvgIpc) is 3.90. The minimum Gasteiger partial charge on any atom is -0.310 e. The smallest absolute Gasteiger partial charge is 0.0554 e. The van der Waals surface area contributed by atoms with Gasteiger partial charge in [0.1, 0.15) is 0 Å². The van der Waals surface area contributed by atoms with Gasteiger partial charge < -0.3 is 4.90 Å². The maximum absolute atomic E-state index is 2.43. The van der Waals surface area contributed by atoms with Gasteiger partial charge in [-0.15, -0.1) is 34.0 Å². The van der Waals surface area contributed by atoms with E-state index in [0.29, 0.717) is 0 Å². The second kappa shape index (κ2) is 11.9. The van der Waals surface area contributed by atoms with Crippen LogP contribution >= 0.6 is 34.0 Å². The number of hydrogen-bond acceptors (Lipinski definition) is 4. The van der Waals surface area contributed by atoms with Gasteiger partial charge in [-0.05, 0) is 76.9 Å². The predicted molar refractivity (Wildman–Crippen MR) is 231 cm³/mol. The number of nitrogens with zero attached hydrogens (tertiary/aromatic N) is 1. The zero-order valence-electron chi connectivity index (χ0n) is 27.9. The average molecular weight is 716 g/mol. The van der Waals surface area contributed by atoms with Crippen LogP contribution in [0.3, 0.4) is 0 Å². The molecule has 0 fully saturated rings. The zero-order valence-corrected chi connectivity index (χ0v) is 30.4. The number of rotatable bonds is 5. The largest absolute Gasteiger partial charge is 0.310 e. The van der Waals surface area contributed by atoms with Gasteiger partial charge in [-0.2, -0.15) is 0 Å². The number of hydrogen-bond donors (Lipinski definition) is 0. The van der Waals surface area contributed by atoms with Crippen molar-refractivity contribution in [2.24, 2.45) is 0 Å². The Balaban J connectivity index is 1.07. The molecule has 0 aliphatic carbocycles. The Hall–Kier alpha value is -5.78. The molecule has 0 aliphatic rings. The summed E-state index contributed by atoms with van der Waals surface area (Å²) in [6.45, 7) is 0. The van der Waals surface area contributed by atoms with Crippen LogP contribution in [0.5, 0.6) is 0 Å². The number of thiophene rings is 3. The van der Waals surface area contributed by atoms with E-state index >= 15 is 0 Å². The maximum atomic E-state index is 2.43. The molecule has 1 nitrogen and oxygen atoms in total. The fourth-order valence-electron chi connectivity index (χ4n) is 7.89. The van der Waals surface area contributed by atoms with Crippen LogP contribution in [-0.2, 0) is 0 Å². The van der Waals surface area contributed by atoms with Crippen LogP contribution in [0.4, 0.5) is 17.1 Å². The highest BCUT2D eigenvalue weighted by molar-refractivity contribution is 7.30. The Labute approximate surface area is 312 Å². The van der Waals surface area contributed by atoms with Crippen molar-refractivity contribution in [3.63, 3.8) is 0 Å². The van der Waals surface area contributed by atoms with Crippen LogP contribution in [0.25, 0.3) is 82.8 Å². The summed E-state index contributed by atoms with van der Waals surface area (Å²) in [6, 6.07) is 64.6. The first-order chi connectivity index (χ1) is 25.8. The van der Waals surface area contributed by atoms with E-state index < -0.39 is 0 Å². The Morgan fingerprint density at radius 3 is 1.58 bits per heavy atom. The highest BCUT2D eigenvalue weighted by Crippen LogP contribution is 2.48. The minimum absolute atomic E-state index is 1.13. The number of fused-ring (bicyclic) bond motifs is 10. The highest BCUT2D eigenvalue weighted by Gasteiger charge is 2.20. The fraction of sp³-hybridized carbons (Fsp3) is 0. The van der Waals surface area contributed by atoms with Gasteiger partial charge in [-0.3, -0.25) is 0 Å². The van der Waals surface area contributed by atoms with E-state index in [1.807, 2.05) is 34.0 Å². The lowest BCUT2D eigenvalue weighted by molar-refractivity contribution is 1.30. The molecule has 0 bridgehead atoms. The molecule has 244 valence electrons. The Kier molecular flexibility index (Phi) is 6.84. The van der Waals surface area contributed by atoms with E-state index in [0.717, 1.165) is 11.4 Å². The molecule has 0 aliphatic heterocycles. The van der Waals surface area contributed by atoms with Crippen LogP contribution in [0.15, 0.2) is 176 Å². The maximum Gasteiger partial charge on any atom is 0.0554 e. The third-order valence-electron chi connectivity index (χ3n) is 10.3. The summed E-state index contributed by atoms with van der Waals surface area (Å²) in [6.07, 6.45) is 0. The predicted octanol–water partition coefficient (Wildman–Crippen LogP) is 15.6. The summed E-state index contributed by atoms with van der Waals surface area (Å²) < 4.78 is 8.04. The molecular formula is C48H29NS3. The van der Waals surface area contributed by atoms with Crippen molar-refractivity contribution in [3.05, 3.63) is 176 Å². The lowest BCUT2D eigenvalue weighted by atomic mass is 10.0. The Morgan fingerprint density at radius 2 is 0.846 bits per heavy atom. The van der Waals surface area contributed by atoms with Crippen molar-refractivity contribution >= 4 is 112 Å². The zero-order chi connectivity index (χ0) is 34.2. The molecular weight excluding hydrogens is 687 g/mol. The topological polar surface area (TPSA) is 3.24 Å². The van der Waals surface area contributed by atoms with E-state index in [-0.39, 0.29) is 0 Å². The molecule has 52 heavy (non-hydrogen) atoms. The Bertz CT molecular complexity index is 3110. The number of benzene rings is 8. The van der Waals surface area contributed by atoms with Gasteiger partial charge >= 0.3 is 0 Å². The normalized spacial score (nSPS) is 11.8. The van der Waals surface area contributed by atoms with Crippen molar-refractivity contribution in [3.8, 4) is 22.3 Å². The molecule has 11 rings (SSSR count). The summed E-state index contributed by atoms with van der Waals surface area (Å²) >= 11 is 5.69. The first-order valence-electron chi connectivity index (χ1n) is 17.5. The highest BCUT2D eigenvalue weighted by atomic mass is 32.1. The molecule has 4 heteroatoms. The molecule has 0 radical (unpaired) electrons.